The molecule has 0 saturated heterocycles. The molecule has 0 spiro atoms. The zero-order valence-electron chi connectivity index (χ0n) is 9.78. The van der Waals surface area contributed by atoms with Crippen molar-refractivity contribution in [2.45, 2.75) is 39.2 Å². The minimum atomic E-state index is -0.393. The molecule has 0 aromatic carbocycles. The molecule has 0 amide bonds. The Kier molecular flexibility index (Phi) is 3.36. The van der Waals surface area contributed by atoms with Gasteiger partial charge in [0.2, 0.25) is 5.95 Å². The van der Waals surface area contributed by atoms with Crippen LogP contribution in [0.4, 0.5) is 10.3 Å². The summed E-state index contributed by atoms with van der Waals surface area (Å²) in [4.78, 5) is 7.85. The van der Waals surface area contributed by atoms with Crippen molar-refractivity contribution in [2.75, 3.05) is 5.32 Å². The van der Waals surface area contributed by atoms with Crippen molar-refractivity contribution in [2.24, 2.45) is 11.8 Å². The first-order valence-corrected chi connectivity index (χ1v) is 5.87. The van der Waals surface area contributed by atoms with Crippen LogP contribution in [0.2, 0.25) is 0 Å². The van der Waals surface area contributed by atoms with E-state index in [1.54, 1.807) is 0 Å². The highest BCUT2D eigenvalue weighted by atomic mass is 19.1. The summed E-state index contributed by atoms with van der Waals surface area (Å²) in [5, 5.41) is 3.28. The Balaban J connectivity index is 1.96. The number of rotatable bonds is 2. The van der Waals surface area contributed by atoms with Crippen LogP contribution in [0, 0.1) is 17.7 Å². The number of nitrogens with one attached hydrogen (secondary N) is 1. The number of halogens is 1. The van der Waals surface area contributed by atoms with Gasteiger partial charge in [-0.15, -0.1) is 0 Å². The van der Waals surface area contributed by atoms with Crippen LogP contribution < -0.4 is 5.32 Å². The molecule has 0 radical (unpaired) electrons. The summed E-state index contributed by atoms with van der Waals surface area (Å²) in [5.41, 5.74) is 0. The Hall–Kier alpha value is -1.19. The Labute approximate surface area is 95.5 Å². The number of anilines is 1. The molecule has 3 nitrogen and oxygen atoms in total. The first-order valence-electron chi connectivity index (χ1n) is 5.87. The molecule has 16 heavy (non-hydrogen) atoms. The number of aromatic nitrogens is 2. The van der Waals surface area contributed by atoms with Gasteiger partial charge in [-0.2, -0.15) is 0 Å². The van der Waals surface area contributed by atoms with Gasteiger partial charge in [0.15, 0.2) is 5.82 Å². The lowest BCUT2D eigenvalue weighted by atomic mass is 9.80. The largest absolute Gasteiger partial charge is 0.351 e. The molecule has 0 aliphatic heterocycles. The minimum absolute atomic E-state index is 0.393. The van der Waals surface area contributed by atoms with E-state index in [0.717, 1.165) is 24.7 Å². The van der Waals surface area contributed by atoms with Gasteiger partial charge in [0, 0.05) is 6.04 Å². The van der Waals surface area contributed by atoms with Crippen LogP contribution in [0.3, 0.4) is 0 Å². The first kappa shape index (κ1) is 11.3. The van der Waals surface area contributed by atoms with E-state index >= 15 is 0 Å². The third-order valence-electron chi connectivity index (χ3n) is 3.13. The summed E-state index contributed by atoms with van der Waals surface area (Å²) in [6, 6.07) is 0.421. The number of hydrogen-bond acceptors (Lipinski definition) is 3. The van der Waals surface area contributed by atoms with Crippen LogP contribution >= 0.6 is 0 Å². The van der Waals surface area contributed by atoms with E-state index in [9.17, 15) is 4.39 Å². The van der Waals surface area contributed by atoms with Gasteiger partial charge in [-0.1, -0.05) is 13.8 Å². The van der Waals surface area contributed by atoms with E-state index in [1.807, 2.05) is 0 Å². The lowest BCUT2D eigenvalue weighted by molar-refractivity contribution is 0.280. The van der Waals surface area contributed by atoms with Crippen LogP contribution in [0.15, 0.2) is 12.4 Å². The molecule has 0 bridgehead atoms. The van der Waals surface area contributed by atoms with Gasteiger partial charge in [0.05, 0.1) is 12.4 Å². The quantitative estimate of drug-likeness (QED) is 0.837. The van der Waals surface area contributed by atoms with E-state index in [-0.39, 0.29) is 0 Å². The van der Waals surface area contributed by atoms with Gasteiger partial charge in [-0.25, -0.2) is 14.4 Å². The summed E-state index contributed by atoms with van der Waals surface area (Å²) >= 11 is 0. The van der Waals surface area contributed by atoms with E-state index < -0.39 is 5.82 Å². The molecule has 1 aliphatic carbocycles. The molecule has 1 aromatic heterocycles. The Morgan fingerprint density at radius 2 is 1.69 bits per heavy atom. The Bertz CT molecular complexity index is 329. The molecule has 1 saturated carbocycles. The third kappa shape index (κ3) is 2.90. The second kappa shape index (κ2) is 4.76. The number of nitrogens with zero attached hydrogens (tertiary/aromatic N) is 2. The highest BCUT2D eigenvalue weighted by Crippen LogP contribution is 2.29. The topological polar surface area (TPSA) is 37.8 Å². The fourth-order valence-electron chi connectivity index (χ4n) is 2.63. The monoisotopic (exact) mass is 223 g/mol. The molecule has 88 valence electrons. The molecular formula is C12H18FN3. The van der Waals surface area contributed by atoms with Gasteiger partial charge in [0.25, 0.3) is 0 Å². The Morgan fingerprint density at radius 1 is 1.12 bits per heavy atom. The van der Waals surface area contributed by atoms with Crippen LogP contribution in [-0.4, -0.2) is 16.0 Å². The van der Waals surface area contributed by atoms with Crippen molar-refractivity contribution in [3.05, 3.63) is 18.2 Å². The van der Waals surface area contributed by atoms with E-state index in [2.05, 4.69) is 29.1 Å². The van der Waals surface area contributed by atoms with Gasteiger partial charge in [-0.3, -0.25) is 0 Å². The van der Waals surface area contributed by atoms with Crippen LogP contribution in [0.5, 0.6) is 0 Å². The summed E-state index contributed by atoms with van der Waals surface area (Å²) < 4.78 is 12.6. The second-order valence-corrected chi connectivity index (χ2v) is 4.98. The molecular weight excluding hydrogens is 205 g/mol. The average molecular weight is 223 g/mol. The van der Waals surface area contributed by atoms with Gasteiger partial charge < -0.3 is 5.32 Å². The average Bonchev–Trinajstić information content (AvgIpc) is 2.20. The van der Waals surface area contributed by atoms with Crippen molar-refractivity contribution in [3.63, 3.8) is 0 Å². The maximum absolute atomic E-state index is 12.6. The number of hydrogen-bond donors (Lipinski definition) is 1. The lowest BCUT2D eigenvalue weighted by Gasteiger charge is -2.31. The molecule has 2 unspecified atom stereocenters. The molecule has 2 rings (SSSR count). The highest BCUT2D eigenvalue weighted by molar-refractivity contribution is 5.24. The summed E-state index contributed by atoms with van der Waals surface area (Å²) in [6.45, 7) is 4.55. The van der Waals surface area contributed by atoms with Crippen molar-refractivity contribution >= 4 is 5.95 Å². The maximum Gasteiger partial charge on any atom is 0.222 e. The third-order valence-corrected chi connectivity index (χ3v) is 3.13. The normalized spacial score (nSPS) is 30.1. The van der Waals surface area contributed by atoms with Gasteiger partial charge in [-0.05, 0) is 31.1 Å². The van der Waals surface area contributed by atoms with Crippen LogP contribution in [0.25, 0.3) is 0 Å². The van der Waals surface area contributed by atoms with Gasteiger partial charge >= 0.3 is 0 Å². The SMILES string of the molecule is CC1CC(C)CC(Nc2ncc(F)cn2)C1. The van der Waals surface area contributed by atoms with Crippen molar-refractivity contribution < 1.29 is 4.39 Å². The van der Waals surface area contributed by atoms with Crippen LogP contribution in [-0.2, 0) is 0 Å². The minimum Gasteiger partial charge on any atom is -0.351 e. The van der Waals surface area contributed by atoms with Crippen molar-refractivity contribution in [1.82, 2.24) is 9.97 Å². The fraction of sp³-hybridized carbons (Fsp3) is 0.667. The predicted octanol–water partition coefficient (Wildman–Crippen LogP) is 2.85. The summed E-state index contributed by atoms with van der Waals surface area (Å²) in [6.07, 6.45) is 5.98. The van der Waals surface area contributed by atoms with Crippen LogP contribution in [0.1, 0.15) is 33.1 Å². The molecule has 1 heterocycles. The molecule has 1 aliphatic rings. The molecule has 1 fully saturated rings. The predicted molar refractivity (Wildman–Crippen MR) is 61.6 cm³/mol. The first-order chi connectivity index (χ1) is 7.63. The summed E-state index contributed by atoms with van der Waals surface area (Å²) in [5.74, 6) is 1.62. The lowest BCUT2D eigenvalue weighted by Crippen LogP contribution is -2.30. The van der Waals surface area contributed by atoms with Crippen molar-refractivity contribution in [1.29, 1.82) is 0 Å². The van der Waals surface area contributed by atoms with Gasteiger partial charge in [0.1, 0.15) is 0 Å². The maximum atomic E-state index is 12.6. The summed E-state index contributed by atoms with van der Waals surface area (Å²) in [7, 11) is 0. The molecule has 1 aromatic rings. The highest BCUT2D eigenvalue weighted by Gasteiger charge is 2.24. The fourth-order valence-corrected chi connectivity index (χ4v) is 2.63. The zero-order valence-corrected chi connectivity index (χ0v) is 9.78. The van der Waals surface area contributed by atoms with Crippen molar-refractivity contribution in [3.8, 4) is 0 Å². The van der Waals surface area contributed by atoms with E-state index in [1.165, 1.54) is 18.8 Å². The second-order valence-electron chi connectivity index (χ2n) is 4.98. The molecule has 4 heteroatoms. The molecule has 2 atom stereocenters. The van der Waals surface area contributed by atoms with E-state index in [4.69, 9.17) is 0 Å². The van der Waals surface area contributed by atoms with E-state index in [0.29, 0.717) is 12.0 Å². The molecule has 1 N–H and O–H groups in total. The zero-order chi connectivity index (χ0) is 11.5. The Morgan fingerprint density at radius 3 is 2.25 bits per heavy atom. The standard InChI is InChI=1S/C12H18FN3/c1-8-3-9(2)5-11(4-8)16-12-14-6-10(13)7-15-12/h6-9,11H,3-5H2,1-2H3,(H,14,15,16). The smallest absolute Gasteiger partial charge is 0.222 e.